The van der Waals surface area contributed by atoms with Gasteiger partial charge in [-0.1, -0.05) is 13.8 Å². The predicted molar refractivity (Wildman–Crippen MR) is 106 cm³/mol. The summed E-state index contributed by atoms with van der Waals surface area (Å²) >= 11 is 0. The van der Waals surface area contributed by atoms with Crippen LogP contribution in [0, 0.1) is 19.8 Å². The smallest absolute Gasteiger partial charge is 0.407 e. The van der Waals surface area contributed by atoms with Gasteiger partial charge in [-0.25, -0.2) is 4.79 Å². The van der Waals surface area contributed by atoms with Crippen molar-refractivity contribution in [3.8, 4) is 11.3 Å². The lowest BCUT2D eigenvalue weighted by atomic mass is 10.0. The van der Waals surface area contributed by atoms with E-state index in [1.165, 1.54) is 0 Å². The average Bonchev–Trinajstić information content (AvgIpc) is 3.17. The van der Waals surface area contributed by atoms with Crippen molar-refractivity contribution in [2.45, 2.75) is 47.1 Å². The number of aromatic amines is 1. The topological polar surface area (TPSA) is 114 Å². The Kier molecular flexibility index (Phi) is 7.19. The molecule has 2 aromatic heterocycles. The molecule has 0 aliphatic rings. The number of hydrogen-bond donors (Lipinski definition) is 3. The predicted octanol–water partition coefficient (Wildman–Crippen LogP) is 2.32. The third-order valence-electron chi connectivity index (χ3n) is 4.45. The molecule has 0 bridgehead atoms. The maximum absolute atomic E-state index is 12.5. The number of nitrogens with one attached hydrogen (secondary N) is 3. The zero-order chi connectivity index (χ0) is 20.8. The first-order valence-electron chi connectivity index (χ1n) is 9.50. The van der Waals surface area contributed by atoms with Crippen molar-refractivity contribution in [2.75, 3.05) is 13.2 Å². The fraction of sp³-hybridized carbons (Fsp3) is 0.579. The summed E-state index contributed by atoms with van der Waals surface area (Å²) in [6.45, 7) is 10.3. The van der Waals surface area contributed by atoms with Crippen LogP contribution in [0.25, 0.3) is 11.3 Å². The molecule has 3 N–H and O–H groups in total. The van der Waals surface area contributed by atoms with Gasteiger partial charge in [0.15, 0.2) is 0 Å². The minimum atomic E-state index is -0.478. The van der Waals surface area contributed by atoms with Crippen LogP contribution in [-0.2, 0) is 11.8 Å². The van der Waals surface area contributed by atoms with Gasteiger partial charge in [0.25, 0.3) is 5.91 Å². The molecule has 0 saturated carbocycles. The second kappa shape index (κ2) is 9.38. The minimum Gasteiger partial charge on any atom is -0.450 e. The van der Waals surface area contributed by atoms with Crippen LogP contribution in [0.1, 0.15) is 49.1 Å². The lowest BCUT2D eigenvalue weighted by Crippen LogP contribution is -2.44. The van der Waals surface area contributed by atoms with Crippen LogP contribution < -0.4 is 10.6 Å². The van der Waals surface area contributed by atoms with Crippen molar-refractivity contribution in [3.05, 3.63) is 23.1 Å². The zero-order valence-corrected chi connectivity index (χ0v) is 17.4. The van der Waals surface area contributed by atoms with Gasteiger partial charge in [-0.3, -0.25) is 14.6 Å². The molecule has 9 heteroatoms. The Balaban J connectivity index is 2.03. The van der Waals surface area contributed by atoms with Crippen LogP contribution in [0.4, 0.5) is 4.79 Å². The van der Waals surface area contributed by atoms with Crippen LogP contribution in [-0.4, -0.2) is 51.2 Å². The third kappa shape index (κ3) is 5.34. The Morgan fingerprint density at radius 2 is 2.04 bits per heavy atom. The molecule has 0 aromatic carbocycles. The van der Waals surface area contributed by atoms with Gasteiger partial charge in [0.1, 0.15) is 5.69 Å². The van der Waals surface area contributed by atoms with Gasteiger partial charge in [-0.2, -0.15) is 10.2 Å². The van der Waals surface area contributed by atoms with Crippen molar-refractivity contribution < 1.29 is 14.3 Å². The van der Waals surface area contributed by atoms with Crippen molar-refractivity contribution in [2.24, 2.45) is 13.0 Å². The molecule has 2 amide bonds. The molecule has 1 unspecified atom stereocenters. The van der Waals surface area contributed by atoms with Crippen molar-refractivity contribution in [1.29, 1.82) is 0 Å². The molecule has 0 aliphatic heterocycles. The van der Waals surface area contributed by atoms with E-state index in [1.54, 1.807) is 17.7 Å². The Morgan fingerprint density at radius 3 is 2.61 bits per heavy atom. The van der Waals surface area contributed by atoms with E-state index in [2.05, 4.69) is 39.8 Å². The van der Waals surface area contributed by atoms with Crippen LogP contribution in [0.2, 0.25) is 0 Å². The molecular formula is C19H30N6O3. The van der Waals surface area contributed by atoms with Gasteiger partial charge in [-0.05, 0) is 39.2 Å². The average molecular weight is 390 g/mol. The molecule has 154 valence electrons. The molecule has 28 heavy (non-hydrogen) atoms. The summed E-state index contributed by atoms with van der Waals surface area (Å²) in [6, 6.07) is 1.50. The van der Waals surface area contributed by atoms with Gasteiger partial charge in [0.2, 0.25) is 0 Å². The van der Waals surface area contributed by atoms with Crippen LogP contribution in [0.15, 0.2) is 6.07 Å². The molecule has 2 heterocycles. The molecule has 1 atom stereocenters. The number of ether oxygens (including phenoxy) is 1. The third-order valence-corrected chi connectivity index (χ3v) is 4.45. The van der Waals surface area contributed by atoms with Gasteiger partial charge in [0, 0.05) is 30.9 Å². The summed E-state index contributed by atoms with van der Waals surface area (Å²) in [4.78, 5) is 24.2. The monoisotopic (exact) mass is 390 g/mol. The highest BCUT2D eigenvalue weighted by Gasteiger charge is 2.19. The Bertz CT molecular complexity index is 824. The molecule has 0 spiro atoms. The molecule has 0 fully saturated rings. The number of aromatic nitrogens is 4. The zero-order valence-electron chi connectivity index (χ0n) is 17.4. The highest BCUT2D eigenvalue weighted by atomic mass is 16.5. The largest absolute Gasteiger partial charge is 0.450 e. The molecular weight excluding hydrogens is 360 g/mol. The molecule has 0 aliphatic carbocycles. The number of nitrogens with zero attached hydrogens (tertiary/aromatic N) is 3. The minimum absolute atomic E-state index is 0.215. The Labute approximate surface area is 165 Å². The summed E-state index contributed by atoms with van der Waals surface area (Å²) < 4.78 is 6.72. The van der Waals surface area contributed by atoms with Crippen LogP contribution in [0.5, 0.6) is 0 Å². The highest BCUT2D eigenvalue weighted by molar-refractivity contribution is 5.93. The standard InChI is InChI=1S/C19H30N6O3/c1-7-28-19(27)21-14(8-11(2)3)10-20-18(26)16-9-15(22-23-16)17-12(4)24-25(6)13(17)5/h9,11,14H,7-8,10H2,1-6H3,(H,20,26)(H,21,27)(H,22,23). The van der Waals surface area contributed by atoms with Crippen molar-refractivity contribution >= 4 is 12.0 Å². The number of carbonyl (C=O) groups is 2. The molecule has 9 nitrogen and oxygen atoms in total. The number of amides is 2. The van der Waals surface area contributed by atoms with E-state index in [1.807, 2.05) is 20.9 Å². The molecule has 2 rings (SSSR count). The quantitative estimate of drug-likeness (QED) is 0.640. The van der Waals surface area contributed by atoms with Crippen LogP contribution >= 0.6 is 0 Å². The summed E-state index contributed by atoms with van der Waals surface area (Å²) in [5.74, 6) is 0.0801. The fourth-order valence-corrected chi connectivity index (χ4v) is 3.12. The number of aryl methyl sites for hydroxylation is 2. The number of hydrogen-bond acceptors (Lipinski definition) is 5. The van der Waals surface area contributed by atoms with E-state index in [9.17, 15) is 9.59 Å². The normalized spacial score (nSPS) is 12.1. The Morgan fingerprint density at radius 1 is 1.32 bits per heavy atom. The summed E-state index contributed by atoms with van der Waals surface area (Å²) in [6.07, 6.45) is 0.246. The second-order valence-corrected chi connectivity index (χ2v) is 7.24. The van der Waals surface area contributed by atoms with Crippen molar-refractivity contribution in [3.63, 3.8) is 0 Å². The molecule has 0 radical (unpaired) electrons. The van der Waals surface area contributed by atoms with E-state index in [0.29, 0.717) is 30.5 Å². The fourth-order valence-electron chi connectivity index (χ4n) is 3.12. The first kappa shape index (κ1) is 21.5. The van der Waals surface area contributed by atoms with Gasteiger partial charge in [0.05, 0.1) is 18.0 Å². The maximum Gasteiger partial charge on any atom is 0.407 e. The molecule has 0 saturated heterocycles. The van der Waals surface area contributed by atoms with Crippen LogP contribution in [0.3, 0.4) is 0 Å². The van der Waals surface area contributed by atoms with Crippen molar-refractivity contribution in [1.82, 2.24) is 30.6 Å². The number of carbonyl (C=O) groups excluding carboxylic acids is 2. The van der Waals surface area contributed by atoms with Gasteiger partial charge >= 0.3 is 6.09 Å². The van der Waals surface area contributed by atoms with Gasteiger partial charge < -0.3 is 15.4 Å². The van der Waals surface area contributed by atoms with E-state index < -0.39 is 6.09 Å². The SMILES string of the molecule is CCOC(=O)NC(CNC(=O)c1cc(-c2c(C)nn(C)c2C)n[nH]1)CC(C)C. The Hall–Kier alpha value is -2.84. The van der Waals surface area contributed by atoms with E-state index in [-0.39, 0.29) is 11.9 Å². The molecule has 2 aromatic rings. The summed E-state index contributed by atoms with van der Waals surface area (Å²) in [7, 11) is 1.87. The number of alkyl carbamates (subject to hydrolysis) is 1. The van der Waals surface area contributed by atoms with E-state index >= 15 is 0 Å². The number of rotatable bonds is 8. The van der Waals surface area contributed by atoms with Gasteiger partial charge in [-0.15, -0.1) is 0 Å². The first-order valence-corrected chi connectivity index (χ1v) is 9.50. The summed E-state index contributed by atoms with van der Waals surface area (Å²) in [5, 5.41) is 17.1. The lowest BCUT2D eigenvalue weighted by Gasteiger charge is -2.20. The van der Waals surface area contributed by atoms with E-state index in [0.717, 1.165) is 23.4 Å². The lowest BCUT2D eigenvalue weighted by molar-refractivity contribution is 0.0939. The highest BCUT2D eigenvalue weighted by Crippen LogP contribution is 2.25. The second-order valence-electron chi connectivity index (χ2n) is 7.24. The van der Waals surface area contributed by atoms with E-state index in [4.69, 9.17) is 4.74 Å². The number of H-pyrrole nitrogens is 1. The summed E-state index contributed by atoms with van der Waals surface area (Å²) in [5.41, 5.74) is 3.79. The maximum atomic E-state index is 12.5. The first-order chi connectivity index (χ1) is 13.2.